The van der Waals surface area contributed by atoms with E-state index in [-0.39, 0.29) is 29.9 Å². The first-order valence-electron chi connectivity index (χ1n) is 9.50. The highest BCUT2D eigenvalue weighted by Crippen LogP contribution is 2.34. The molecule has 162 valence electrons. The SMILES string of the molecule is Cc1cn(-c2ccc3n(c2=O)CCN(C(C)c2cc(C(F)(F)F)ccc2F)C3=O)cn1. The fraction of sp³-hybridized carbons (Fsp3) is 0.286. The molecule has 3 aromatic rings. The molecule has 0 spiro atoms. The van der Waals surface area contributed by atoms with E-state index in [2.05, 4.69) is 4.98 Å². The van der Waals surface area contributed by atoms with E-state index >= 15 is 0 Å². The van der Waals surface area contributed by atoms with Gasteiger partial charge in [0.2, 0.25) is 0 Å². The van der Waals surface area contributed by atoms with Gasteiger partial charge in [0.15, 0.2) is 0 Å². The van der Waals surface area contributed by atoms with E-state index < -0.39 is 29.5 Å². The van der Waals surface area contributed by atoms with Gasteiger partial charge in [-0.25, -0.2) is 9.37 Å². The molecule has 4 rings (SSSR count). The summed E-state index contributed by atoms with van der Waals surface area (Å²) in [5.74, 6) is -1.39. The van der Waals surface area contributed by atoms with Gasteiger partial charge in [-0.2, -0.15) is 13.2 Å². The van der Waals surface area contributed by atoms with E-state index in [0.29, 0.717) is 11.8 Å². The summed E-state index contributed by atoms with van der Waals surface area (Å²) in [5.41, 5.74) is -0.470. The van der Waals surface area contributed by atoms with Crippen LogP contribution in [0.1, 0.15) is 40.3 Å². The molecule has 1 aliphatic heterocycles. The highest BCUT2D eigenvalue weighted by Gasteiger charge is 2.34. The largest absolute Gasteiger partial charge is 0.416 e. The van der Waals surface area contributed by atoms with Gasteiger partial charge in [-0.3, -0.25) is 9.59 Å². The van der Waals surface area contributed by atoms with Crippen molar-refractivity contribution in [2.45, 2.75) is 32.6 Å². The van der Waals surface area contributed by atoms with Crippen molar-refractivity contribution >= 4 is 5.91 Å². The zero-order chi connectivity index (χ0) is 22.5. The summed E-state index contributed by atoms with van der Waals surface area (Å²) in [6.07, 6.45) is -1.45. The van der Waals surface area contributed by atoms with Crippen LogP contribution in [0, 0.1) is 12.7 Å². The zero-order valence-corrected chi connectivity index (χ0v) is 16.7. The maximum Gasteiger partial charge on any atom is 0.416 e. The number of benzene rings is 1. The van der Waals surface area contributed by atoms with Crippen molar-refractivity contribution in [3.8, 4) is 5.69 Å². The number of aryl methyl sites for hydroxylation is 1. The first-order valence-corrected chi connectivity index (χ1v) is 9.50. The second-order valence-electron chi connectivity index (χ2n) is 7.39. The number of alkyl halides is 3. The number of hydrogen-bond acceptors (Lipinski definition) is 3. The molecule has 1 unspecified atom stereocenters. The number of amides is 1. The Bertz CT molecular complexity index is 1230. The summed E-state index contributed by atoms with van der Waals surface area (Å²) in [7, 11) is 0. The summed E-state index contributed by atoms with van der Waals surface area (Å²) in [5, 5.41) is 0. The van der Waals surface area contributed by atoms with Gasteiger partial charge in [0.1, 0.15) is 17.2 Å². The average Bonchev–Trinajstić information content (AvgIpc) is 3.14. The minimum absolute atomic E-state index is 0.0506. The fourth-order valence-corrected chi connectivity index (χ4v) is 3.76. The van der Waals surface area contributed by atoms with E-state index in [4.69, 9.17) is 0 Å². The molecule has 1 aliphatic rings. The molecule has 0 fully saturated rings. The fourth-order valence-electron chi connectivity index (χ4n) is 3.76. The van der Waals surface area contributed by atoms with Crippen LogP contribution < -0.4 is 5.56 Å². The molecule has 0 bridgehead atoms. The Kier molecular flexibility index (Phi) is 4.95. The first-order chi connectivity index (χ1) is 14.6. The Morgan fingerprint density at radius 1 is 1.10 bits per heavy atom. The van der Waals surface area contributed by atoms with E-state index in [1.54, 1.807) is 17.7 Å². The Balaban J connectivity index is 1.69. The monoisotopic (exact) mass is 434 g/mol. The van der Waals surface area contributed by atoms with Crippen molar-refractivity contribution in [3.05, 3.63) is 81.5 Å². The van der Waals surface area contributed by atoms with Crippen molar-refractivity contribution in [2.75, 3.05) is 6.54 Å². The van der Waals surface area contributed by atoms with Crippen LogP contribution >= 0.6 is 0 Å². The highest BCUT2D eigenvalue weighted by atomic mass is 19.4. The standard InChI is InChI=1S/C21H18F4N4O2/c1-12-10-27(11-26-12)17-5-6-18-20(31)28(7-8-29(18)19(17)30)13(2)15-9-14(21(23,24)25)3-4-16(15)22/h3-6,9-11,13H,7-8H2,1-2H3. The van der Waals surface area contributed by atoms with Gasteiger partial charge in [0, 0.05) is 24.8 Å². The van der Waals surface area contributed by atoms with Crippen LogP contribution in [0.25, 0.3) is 5.69 Å². The Hall–Kier alpha value is -3.43. The third-order valence-electron chi connectivity index (χ3n) is 5.43. The Morgan fingerprint density at radius 2 is 1.84 bits per heavy atom. The highest BCUT2D eigenvalue weighted by molar-refractivity contribution is 5.93. The van der Waals surface area contributed by atoms with Crippen molar-refractivity contribution in [3.63, 3.8) is 0 Å². The molecule has 3 heterocycles. The lowest BCUT2D eigenvalue weighted by molar-refractivity contribution is -0.137. The minimum atomic E-state index is -4.63. The molecule has 0 saturated carbocycles. The molecule has 0 aliphatic carbocycles. The van der Waals surface area contributed by atoms with Gasteiger partial charge in [0.05, 0.1) is 23.6 Å². The Morgan fingerprint density at radius 3 is 2.48 bits per heavy atom. The van der Waals surface area contributed by atoms with Crippen molar-refractivity contribution in [2.24, 2.45) is 0 Å². The average molecular weight is 434 g/mol. The number of fused-ring (bicyclic) bond motifs is 1. The topological polar surface area (TPSA) is 60.1 Å². The second kappa shape index (κ2) is 7.36. The molecule has 0 saturated heterocycles. The number of imidazole rings is 1. The normalized spacial score (nSPS) is 15.2. The van der Waals surface area contributed by atoms with E-state index in [1.807, 2.05) is 0 Å². The number of pyridine rings is 1. The molecule has 10 heteroatoms. The molecule has 1 aromatic carbocycles. The third kappa shape index (κ3) is 3.62. The van der Waals surface area contributed by atoms with Gasteiger partial charge in [-0.15, -0.1) is 0 Å². The zero-order valence-electron chi connectivity index (χ0n) is 16.7. The van der Waals surface area contributed by atoms with Gasteiger partial charge in [-0.05, 0) is 44.2 Å². The van der Waals surface area contributed by atoms with Crippen LogP contribution in [-0.4, -0.2) is 31.5 Å². The number of rotatable bonds is 3. The maximum atomic E-state index is 14.3. The summed E-state index contributed by atoms with van der Waals surface area (Å²) in [6.45, 7) is 3.43. The molecular weight excluding hydrogens is 416 g/mol. The number of hydrogen-bond donors (Lipinski definition) is 0. The van der Waals surface area contributed by atoms with Crippen LogP contribution in [-0.2, 0) is 12.7 Å². The summed E-state index contributed by atoms with van der Waals surface area (Å²) >= 11 is 0. The lowest BCUT2D eigenvalue weighted by Crippen LogP contribution is -2.46. The molecule has 6 nitrogen and oxygen atoms in total. The molecular formula is C21H18F4N4O2. The molecule has 0 N–H and O–H groups in total. The number of carbonyl (C=O) groups is 1. The smallest absolute Gasteiger partial charge is 0.329 e. The van der Waals surface area contributed by atoms with Gasteiger partial charge < -0.3 is 14.0 Å². The lowest BCUT2D eigenvalue weighted by Gasteiger charge is -2.35. The van der Waals surface area contributed by atoms with Crippen LogP contribution in [0.15, 0.2) is 47.7 Å². The number of nitrogens with zero attached hydrogens (tertiary/aromatic N) is 4. The van der Waals surface area contributed by atoms with Crippen LogP contribution in [0.2, 0.25) is 0 Å². The van der Waals surface area contributed by atoms with Crippen molar-refractivity contribution in [1.29, 1.82) is 0 Å². The molecule has 2 aromatic heterocycles. The summed E-state index contributed by atoms with van der Waals surface area (Å²) in [4.78, 5) is 31.3. The van der Waals surface area contributed by atoms with Crippen LogP contribution in [0.4, 0.5) is 17.6 Å². The lowest BCUT2D eigenvalue weighted by atomic mass is 10.0. The van der Waals surface area contributed by atoms with Gasteiger partial charge >= 0.3 is 6.18 Å². The van der Waals surface area contributed by atoms with E-state index in [9.17, 15) is 27.2 Å². The summed E-state index contributed by atoms with van der Waals surface area (Å²) < 4.78 is 56.4. The van der Waals surface area contributed by atoms with E-state index in [0.717, 1.165) is 17.8 Å². The molecule has 31 heavy (non-hydrogen) atoms. The number of carbonyl (C=O) groups excluding carboxylic acids is 1. The van der Waals surface area contributed by atoms with Crippen molar-refractivity contribution < 1.29 is 22.4 Å². The number of halogens is 4. The first kappa shape index (κ1) is 20.8. The van der Waals surface area contributed by atoms with Crippen molar-refractivity contribution in [1.82, 2.24) is 19.0 Å². The molecule has 1 amide bonds. The predicted molar refractivity (Wildman–Crippen MR) is 103 cm³/mol. The minimum Gasteiger partial charge on any atom is -0.329 e. The van der Waals surface area contributed by atoms with E-state index in [1.165, 1.54) is 34.9 Å². The number of aromatic nitrogens is 3. The molecule has 1 atom stereocenters. The summed E-state index contributed by atoms with van der Waals surface area (Å²) in [6, 6.07) is 4.16. The maximum absolute atomic E-state index is 14.3. The van der Waals surface area contributed by atoms with Gasteiger partial charge in [0.25, 0.3) is 11.5 Å². The van der Waals surface area contributed by atoms with Crippen LogP contribution in [0.3, 0.4) is 0 Å². The third-order valence-corrected chi connectivity index (χ3v) is 5.43. The van der Waals surface area contributed by atoms with Crippen LogP contribution in [0.5, 0.6) is 0 Å². The molecule has 0 radical (unpaired) electrons. The Labute approximate surface area is 174 Å². The predicted octanol–water partition coefficient (Wildman–Crippen LogP) is 3.72. The second-order valence-corrected chi connectivity index (χ2v) is 7.39. The quantitative estimate of drug-likeness (QED) is 0.591. The van der Waals surface area contributed by atoms with Gasteiger partial charge in [-0.1, -0.05) is 0 Å².